The second-order valence-electron chi connectivity index (χ2n) is 9.38. The van der Waals surface area contributed by atoms with E-state index in [4.69, 9.17) is 9.47 Å². The summed E-state index contributed by atoms with van der Waals surface area (Å²) >= 11 is 1.52. The number of halogens is 1. The van der Waals surface area contributed by atoms with Gasteiger partial charge in [-0.1, -0.05) is 24.3 Å². The molecule has 2 aliphatic rings. The lowest BCUT2D eigenvalue weighted by Crippen LogP contribution is -2.47. The van der Waals surface area contributed by atoms with E-state index in [1.165, 1.54) is 23.0 Å². The third-order valence-corrected chi connectivity index (χ3v) is 7.85. The van der Waals surface area contributed by atoms with Crippen molar-refractivity contribution in [1.82, 2.24) is 9.80 Å². The Kier molecular flexibility index (Phi) is 7.35. The number of likely N-dealkylation sites (tertiary alicyclic amines) is 1. The van der Waals surface area contributed by atoms with Crippen LogP contribution in [0.25, 0.3) is 0 Å². The molecule has 0 N–H and O–H groups in total. The number of fused-ring (bicyclic) bond motifs is 1. The van der Waals surface area contributed by atoms with Gasteiger partial charge in [-0.15, -0.1) is 0 Å². The second kappa shape index (κ2) is 10.8. The Balaban J connectivity index is 1.27. The van der Waals surface area contributed by atoms with E-state index in [-0.39, 0.29) is 17.8 Å². The number of hydrogen-bond acceptors (Lipinski definition) is 5. The molecule has 35 heavy (non-hydrogen) atoms. The molecule has 2 aromatic carbocycles. The molecule has 184 valence electrons. The highest BCUT2D eigenvalue weighted by Gasteiger charge is 2.32. The lowest BCUT2D eigenvalue weighted by molar-refractivity contribution is 0.0583. The average Bonchev–Trinajstić information content (AvgIpc) is 3.43. The van der Waals surface area contributed by atoms with Crippen LogP contribution in [0.3, 0.4) is 0 Å². The highest BCUT2D eigenvalue weighted by Crippen LogP contribution is 2.33. The summed E-state index contributed by atoms with van der Waals surface area (Å²) in [7, 11) is 1.87. The van der Waals surface area contributed by atoms with E-state index in [2.05, 4.69) is 17.0 Å². The molecule has 0 radical (unpaired) electrons. The van der Waals surface area contributed by atoms with Crippen molar-refractivity contribution >= 4 is 17.2 Å². The summed E-state index contributed by atoms with van der Waals surface area (Å²) in [5.74, 6) is 1.74. The Hall–Kier alpha value is -2.90. The van der Waals surface area contributed by atoms with Crippen molar-refractivity contribution in [3.05, 3.63) is 81.8 Å². The molecule has 1 unspecified atom stereocenters. The van der Waals surface area contributed by atoms with Crippen LogP contribution in [0.4, 0.5) is 4.39 Å². The minimum absolute atomic E-state index is 0.00583. The van der Waals surface area contributed by atoms with Crippen molar-refractivity contribution in [2.24, 2.45) is 5.92 Å². The van der Waals surface area contributed by atoms with Gasteiger partial charge in [0.2, 0.25) is 0 Å². The molecule has 7 heteroatoms. The zero-order chi connectivity index (χ0) is 24.2. The number of rotatable bonds is 7. The zero-order valence-electron chi connectivity index (χ0n) is 20.0. The molecule has 1 saturated heterocycles. The first kappa shape index (κ1) is 23.8. The van der Waals surface area contributed by atoms with E-state index in [1.54, 1.807) is 6.07 Å². The largest absolute Gasteiger partial charge is 0.486 e. The maximum absolute atomic E-state index is 14.6. The number of nitrogens with zero attached hydrogens (tertiary/aromatic N) is 2. The van der Waals surface area contributed by atoms with Crippen LogP contribution in [0.1, 0.15) is 34.3 Å². The van der Waals surface area contributed by atoms with Gasteiger partial charge in [-0.2, -0.15) is 11.3 Å². The number of piperidine rings is 1. The molecule has 1 aromatic heterocycles. The van der Waals surface area contributed by atoms with Gasteiger partial charge < -0.3 is 14.4 Å². The number of thiophene rings is 1. The number of benzene rings is 2. The Morgan fingerprint density at radius 1 is 1.11 bits per heavy atom. The van der Waals surface area contributed by atoms with Gasteiger partial charge in [0, 0.05) is 25.0 Å². The first-order valence-electron chi connectivity index (χ1n) is 12.2. The van der Waals surface area contributed by atoms with Crippen LogP contribution < -0.4 is 9.47 Å². The summed E-state index contributed by atoms with van der Waals surface area (Å²) in [4.78, 5) is 17.5. The molecule has 0 bridgehead atoms. The minimum Gasteiger partial charge on any atom is -0.486 e. The van der Waals surface area contributed by atoms with Gasteiger partial charge in [-0.3, -0.25) is 9.69 Å². The predicted octanol–water partition coefficient (Wildman–Crippen LogP) is 5.25. The summed E-state index contributed by atoms with van der Waals surface area (Å²) in [5.41, 5.74) is 2.58. The molecule has 5 rings (SSSR count). The quantitative estimate of drug-likeness (QED) is 0.450. The Morgan fingerprint density at radius 3 is 2.63 bits per heavy atom. The fraction of sp³-hybridized carbons (Fsp3) is 0.393. The molecule has 5 nitrogen and oxygen atoms in total. The SMILES string of the molecule is CN(C(=O)c1ccsc1)C(Cc1ccccc1F)C1CCN(Cc2ccc3c(c2)OCCO3)CC1. The second-order valence-corrected chi connectivity index (χ2v) is 10.2. The number of carbonyl (C=O) groups excluding carboxylic acids is 1. The topological polar surface area (TPSA) is 42.0 Å². The molecule has 0 saturated carbocycles. The van der Waals surface area contributed by atoms with Crippen molar-refractivity contribution in [2.45, 2.75) is 31.8 Å². The van der Waals surface area contributed by atoms with E-state index in [1.807, 2.05) is 47.0 Å². The minimum atomic E-state index is -0.204. The molecular weight excluding hydrogens is 463 g/mol. The molecule has 1 amide bonds. The van der Waals surface area contributed by atoms with Gasteiger partial charge in [0.15, 0.2) is 11.5 Å². The molecule has 1 atom stereocenters. The van der Waals surface area contributed by atoms with Gasteiger partial charge in [-0.05, 0) is 79.0 Å². The van der Waals surface area contributed by atoms with Crippen LogP contribution in [-0.2, 0) is 13.0 Å². The normalized spacial score (nSPS) is 17.2. The van der Waals surface area contributed by atoms with Crippen LogP contribution in [0.15, 0.2) is 59.3 Å². The Morgan fingerprint density at radius 2 is 1.89 bits per heavy atom. The fourth-order valence-electron chi connectivity index (χ4n) is 5.19. The Labute approximate surface area is 210 Å². The number of likely N-dealkylation sites (N-methyl/N-ethyl adjacent to an activating group) is 1. The first-order valence-corrected chi connectivity index (χ1v) is 13.2. The number of amides is 1. The van der Waals surface area contributed by atoms with Crippen molar-refractivity contribution < 1.29 is 18.7 Å². The van der Waals surface area contributed by atoms with Crippen LogP contribution in [0.5, 0.6) is 11.5 Å². The third-order valence-electron chi connectivity index (χ3n) is 7.16. The lowest BCUT2D eigenvalue weighted by Gasteiger charge is -2.40. The standard InChI is InChI=1S/C28H31FN2O3S/c1-30(28(32)23-10-15-35-19-23)25(17-22-4-2-3-5-24(22)29)21-8-11-31(12-9-21)18-20-6-7-26-27(16-20)34-14-13-33-26/h2-7,10,15-16,19,21,25H,8-9,11-14,17-18H2,1H3. The smallest absolute Gasteiger partial charge is 0.254 e. The maximum Gasteiger partial charge on any atom is 0.254 e. The molecule has 0 aliphatic carbocycles. The Bertz CT molecular complexity index is 1140. The first-order chi connectivity index (χ1) is 17.1. The fourth-order valence-corrected chi connectivity index (χ4v) is 5.82. The molecular formula is C28H31FN2O3S. The summed E-state index contributed by atoms with van der Waals surface area (Å²) in [6, 6.07) is 14.9. The zero-order valence-corrected chi connectivity index (χ0v) is 20.8. The number of hydrogen-bond donors (Lipinski definition) is 0. The van der Waals surface area contributed by atoms with Crippen LogP contribution in [-0.4, -0.2) is 55.1 Å². The van der Waals surface area contributed by atoms with Gasteiger partial charge in [-0.25, -0.2) is 4.39 Å². The third kappa shape index (κ3) is 5.52. The molecule has 1 fully saturated rings. The van der Waals surface area contributed by atoms with Gasteiger partial charge in [0.1, 0.15) is 19.0 Å². The monoisotopic (exact) mass is 494 g/mol. The van der Waals surface area contributed by atoms with Crippen LogP contribution >= 0.6 is 11.3 Å². The average molecular weight is 495 g/mol. The molecule has 0 spiro atoms. The van der Waals surface area contributed by atoms with Crippen molar-refractivity contribution in [3.8, 4) is 11.5 Å². The van der Waals surface area contributed by atoms with Crippen molar-refractivity contribution in [2.75, 3.05) is 33.4 Å². The summed E-state index contributed by atoms with van der Waals surface area (Å²) in [5, 5.41) is 3.80. The van der Waals surface area contributed by atoms with Crippen molar-refractivity contribution in [3.63, 3.8) is 0 Å². The predicted molar refractivity (Wildman–Crippen MR) is 136 cm³/mol. The highest BCUT2D eigenvalue weighted by atomic mass is 32.1. The number of ether oxygens (including phenoxy) is 2. The van der Waals surface area contributed by atoms with E-state index < -0.39 is 0 Å². The van der Waals surface area contributed by atoms with E-state index in [9.17, 15) is 9.18 Å². The summed E-state index contributed by atoms with van der Waals surface area (Å²) in [6.45, 7) is 3.91. The summed E-state index contributed by atoms with van der Waals surface area (Å²) < 4.78 is 25.9. The number of carbonyl (C=O) groups is 1. The molecule has 3 aromatic rings. The highest BCUT2D eigenvalue weighted by molar-refractivity contribution is 7.08. The van der Waals surface area contributed by atoms with Gasteiger partial charge in [0.05, 0.1) is 5.56 Å². The van der Waals surface area contributed by atoms with Crippen molar-refractivity contribution in [1.29, 1.82) is 0 Å². The molecule has 2 aliphatic heterocycles. The van der Waals surface area contributed by atoms with Crippen LogP contribution in [0, 0.1) is 11.7 Å². The summed E-state index contributed by atoms with van der Waals surface area (Å²) in [6.07, 6.45) is 2.45. The van der Waals surface area contributed by atoms with E-state index >= 15 is 0 Å². The van der Waals surface area contributed by atoms with Crippen LogP contribution in [0.2, 0.25) is 0 Å². The lowest BCUT2D eigenvalue weighted by atomic mass is 9.84. The van der Waals surface area contributed by atoms with E-state index in [0.29, 0.717) is 36.7 Å². The maximum atomic E-state index is 14.6. The van der Waals surface area contributed by atoms with E-state index in [0.717, 1.165) is 44.0 Å². The van der Waals surface area contributed by atoms with Gasteiger partial charge in [0.25, 0.3) is 5.91 Å². The molecule has 3 heterocycles. The van der Waals surface area contributed by atoms with Gasteiger partial charge >= 0.3 is 0 Å².